The number of hydrogen-bond donors (Lipinski definition) is 1. The van der Waals surface area contributed by atoms with Gasteiger partial charge in [-0.15, -0.1) is 10.2 Å². The number of carbonyl (C=O) groups is 1. The summed E-state index contributed by atoms with van der Waals surface area (Å²) >= 11 is 7.05. The number of nitrogen functional groups attached to an aromatic ring is 1. The van der Waals surface area contributed by atoms with Crippen LogP contribution >= 0.6 is 23.4 Å². The highest BCUT2D eigenvalue weighted by Gasteiger charge is 2.10. The molecule has 9 heteroatoms. The van der Waals surface area contributed by atoms with Crippen LogP contribution in [0.3, 0.4) is 0 Å². The third kappa shape index (κ3) is 4.22. The van der Waals surface area contributed by atoms with Crippen LogP contribution in [0.1, 0.15) is 17.7 Å². The molecule has 0 saturated carbocycles. The highest BCUT2D eigenvalue weighted by Crippen LogP contribution is 2.20. The Hall–Kier alpha value is -2.06. The predicted octanol–water partition coefficient (Wildman–Crippen LogP) is -0.0197. The predicted molar refractivity (Wildman–Crippen MR) is 80.8 cm³/mol. The van der Waals surface area contributed by atoms with Crippen LogP contribution in [-0.4, -0.2) is 20.8 Å². The minimum atomic E-state index is -1.26. The van der Waals surface area contributed by atoms with Gasteiger partial charge >= 0.3 is 0 Å². The molecule has 0 saturated heterocycles. The molecule has 2 aromatic rings. The van der Waals surface area contributed by atoms with Gasteiger partial charge in [0.25, 0.3) is 5.56 Å². The first-order valence-electron chi connectivity index (χ1n) is 6.28. The van der Waals surface area contributed by atoms with E-state index in [1.54, 1.807) is 12.1 Å². The molecule has 2 rings (SSSR count). The number of nitrogens with zero attached hydrogens (tertiary/aromatic N) is 3. The van der Waals surface area contributed by atoms with E-state index in [1.807, 2.05) is 12.1 Å². The van der Waals surface area contributed by atoms with Crippen LogP contribution in [0.5, 0.6) is 0 Å². The summed E-state index contributed by atoms with van der Waals surface area (Å²) in [5.41, 5.74) is 0.432. The molecule has 0 radical (unpaired) electrons. The minimum absolute atomic E-state index is 0.00235. The van der Waals surface area contributed by atoms with E-state index in [-0.39, 0.29) is 23.7 Å². The van der Waals surface area contributed by atoms with Crippen molar-refractivity contribution in [2.75, 3.05) is 5.84 Å². The van der Waals surface area contributed by atoms with Crippen molar-refractivity contribution in [2.24, 2.45) is 0 Å². The summed E-state index contributed by atoms with van der Waals surface area (Å²) in [6, 6.07) is 7.25. The number of carbonyl (C=O) groups excluding carboxylic acids is 1. The number of halogens is 1. The standard InChI is InChI=1S/C13H13ClN4O3S/c14-9-3-1-8(2-4-9)7-22-13-17-16-10(5-6-11(19)20)12(21)18(13)15/h1-4H,5-7,15H2,(H,19,20)/p-1. The van der Waals surface area contributed by atoms with Crippen LogP contribution < -0.4 is 16.5 Å². The van der Waals surface area contributed by atoms with E-state index < -0.39 is 11.5 Å². The lowest BCUT2D eigenvalue weighted by Crippen LogP contribution is -2.34. The molecule has 1 aromatic carbocycles. The maximum absolute atomic E-state index is 11.9. The largest absolute Gasteiger partial charge is 0.550 e. The number of carboxylic acid groups (broad SMARTS) is 1. The molecule has 116 valence electrons. The van der Waals surface area contributed by atoms with Gasteiger partial charge in [0, 0.05) is 23.2 Å². The summed E-state index contributed by atoms with van der Waals surface area (Å²) < 4.78 is 0.873. The van der Waals surface area contributed by atoms with Gasteiger partial charge in [-0.3, -0.25) is 4.79 Å². The first kappa shape index (κ1) is 16.3. The van der Waals surface area contributed by atoms with Crippen LogP contribution in [0.25, 0.3) is 0 Å². The van der Waals surface area contributed by atoms with Crippen molar-refractivity contribution >= 4 is 29.3 Å². The Balaban J connectivity index is 2.08. The molecule has 0 spiro atoms. The van der Waals surface area contributed by atoms with Crippen LogP contribution in [0.4, 0.5) is 0 Å². The SMILES string of the molecule is Nn1c(SCc2ccc(Cl)cc2)nnc(CCC(=O)[O-])c1=O. The number of hydrogen-bond acceptors (Lipinski definition) is 7. The molecule has 0 fully saturated rings. The van der Waals surface area contributed by atoms with Gasteiger partial charge in [0.1, 0.15) is 5.69 Å². The second kappa shape index (κ2) is 7.28. The zero-order chi connectivity index (χ0) is 16.1. The molecule has 0 bridgehead atoms. The number of aliphatic carboxylic acids is 1. The zero-order valence-corrected chi connectivity index (χ0v) is 12.9. The van der Waals surface area contributed by atoms with Gasteiger partial charge < -0.3 is 15.7 Å². The zero-order valence-electron chi connectivity index (χ0n) is 11.4. The summed E-state index contributed by atoms with van der Waals surface area (Å²) in [5.74, 6) is 4.96. The molecule has 0 atom stereocenters. The van der Waals surface area contributed by atoms with E-state index in [2.05, 4.69) is 10.2 Å². The molecular formula is C13H12ClN4O3S-. The number of rotatable bonds is 6. The normalized spacial score (nSPS) is 10.6. The number of carboxylic acids is 1. The van der Waals surface area contributed by atoms with Crippen molar-refractivity contribution < 1.29 is 9.90 Å². The molecule has 0 aliphatic carbocycles. The first-order chi connectivity index (χ1) is 10.5. The Labute approximate surface area is 135 Å². The van der Waals surface area contributed by atoms with E-state index in [4.69, 9.17) is 17.4 Å². The van der Waals surface area contributed by atoms with Crippen LogP contribution in [-0.2, 0) is 17.0 Å². The fraction of sp³-hybridized carbons (Fsp3) is 0.231. The van der Waals surface area contributed by atoms with Crippen LogP contribution in [0, 0.1) is 0 Å². The van der Waals surface area contributed by atoms with Gasteiger partial charge in [-0.05, 0) is 24.1 Å². The van der Waals surface area contributed by atoms with E-state index >= 15 is 0 Å². The highest BCUT2D eigenvalue weighted by atomic mass is 35.5. The van der Waals surface area contributed by atoms with Crippen molar-refractivity contribution in [1.82, 2.24) is 14.9 Å². The fourth-order valence-corrected chi connectivity index (χ4v) is 2.56. The second-order valence-electron chi connectivity index (χ2n) is 4.39. The quantitative estimate of drug-likeness (QED) is 0.581. The molecule has 0 aliphatic heterocycles. The van der Waals surface area contributed by atoms with Crippen molar-refractivity contribution in [3.63, 3.8) is 0 Å². The Morgan fingerprint density at radius 1 is 1.32 bits per heavy atom. The van der Waals surface area contributed by atoms with E-state index in [1.165, 1.54) is 11.8 Å². The fourth-order valence-electron chi connectivity index (χ4n) is 1.62. The number of nitrogens with two attached hydrogens (primary N) is 1. The van der Waals surface area contributed by atoms with E-state index in [0.717, 1.165) is 10.2 Å². The van der Waals surface area contributed by atoms with Gasteiger partial charge in [0.15, 0.2) is 0 Å². The first-order valence-corrected chi connectivity index (χ1v) is 7.64. The van der Waals surface area contributed by atoms with Crippen molar-refractivity contribution in [3.05, 3.63) is 50.9 Å². The lowest BCUT2D eigenvalue weighted by Gasteiger charge is -2.08. The Morgan fingerprint density at radius 2 is 2.00 bits per heavy atom. The Kier molecular flexibility index (Phi) is 5.40. The summed E-state index contributed by atoms with van der Waals surface area (Å²) in [6.07, 6.45) is -0.366. The van der Waals surface area contributed by atoms with Gasteiger partial charge in [-0.2, -0.15) is 4.68 Å². The average molecular weight is 340 g/mol. The third-order valence-corrected chi connectivity index (χ3v) is 4.04. The number of aryl methyl sites for hydroxylation is 1. The summed E-state index contributed by atoms with van der Waals surface area (Å²) in [5, 5.41) is 18.9. The number of thioether (sulfide) groups is 1. The highest BCUT2D eigenvalue weighted by molar-refractivity contribution is 7.98. The van der Waals surface area contributed by atoms with E-state index in [0.29, 0.717) is 10.8 Å². The average Bonchev–Trinajstić information content (AvgIpc) is 2.49. The summed E-state index contributed by atoms with van der Waals surface area (Å²) in [6.45, 7) is 0. The smallest absolute Gasteiger partial charge is 0.294 e. The molecule has 22 heavy (non-hydrogen) atoms. The topological polar surface area (TPSA) is 114 Å². The van der Waals surface area contributed by atoms with E-state index in [9.17, 15) is 14.7 Å². The Bertz CT molecular complexity index is 733. The maximum atomic E-state index is 11.9. The third-order valence-electron chi connectivity index (χ3n) is 2.78. The van der Waals surface area contributed by atoms with Gasteiger partial charge in [0.2, 0.25) is 5.16 Å². The van der Waals surface area contributed by atoms with Crippen LogP contribution in [0.15, 0.2) is 34.2 Å². The Morgan fingerprint density at radius 3 is 2.64 bits per heavy atom. The molecular weight excluding hydrogens is 328 g/mol. The number of benzene rings is 1. The molecule has 0 unspecified atom stereocenters. The molecule has 7 nitrogen and oxygen atoms in total. The monoisotopic (exact) mass is 339 g/mol. The number of aromatic nitrogens is 3. The molecule has 0 amide bonds. The summed E-state index contributed by atoms with van der Waals surface area (Å²) in [7, 11) is 0. The minimum Gasteiger partial charge on any atom is -0.550 e. The van der Waals surface area contributed by atoms with Gasteiger partial charge in [0.05, 0.1) is 0 Å². The van der Waals surface area contributed by atoms with Crippen molar-refractivity contribution in [1.29, 1.82) is 0 Å². The second-order valence-corrected chi connectivity index (χ2v) is 5.77. The summed E-state index contributed by atoms with van der Waals surface area (Å²) in [4.78, 5) is 22.4. The molecule has 2 N–H and O–H groups in total. The molecule has 1 heterocycles. The lowest BCUT2D eigenvalue weighted by atomic mass is 10.2. The van der Waals surface area contributed by atoms with Gasteiger partial charge in [-0.25, -0.2) is 0 Å². The van der Waals surface area contributed by atoms with Crippen molar-refractivity contribution in [2.45, 2.75) is 23.8 Å². The lowest BCUT2D eigenvalue weighted by molar-refractivity contribution is -0.305. The van der Waals surface area contributed by atoms with Crippen molar-refractivity contribution in [3.8, 4) is 0 Å². The van der Waals surface area contributed by atoms with Crippen LogP contribution in [0.2, 0.25) is 5.02 Å². The maximum Gasteiger partial charge on any atom is 0.294 e. The van der Waals surface area contributed by atoms with Gasteiger partial charge in [-0.1, -0.05) is 35.5 Å². The molecule has 1 aromatic heterocycles. The molecule has 0 aliphatic rings.